The second-order valence-electron chi connectivity index (χ2n) is 4.30. The second kappa shape index (κ2) is 5.64. The minimum absolute atomic E-state index is 0.128. The number of nitrogens with one attached hydrogen (secondary N) is 1. The molecular weight excluding hydrogens is 264 g/mol. The molecule has 1 amide bonds. The van der Waals surface area contributed by atoms with E-state index in [0.717, 1.165) is 12.1 Å². The standard InChI is InChI=1S/C14H13F2N3O/c1-8(12-4-2-3-5-18-12)19-14(20)9-6-10(15)13(17)11(16)7-9/h2-8H,17H2,1H3,(H,19,20). The van der Waals surface area contributed by atoms with Crippen LogP contribution in [0, 0.1) is 11.6 Å². The van der Waals surface area contributed by atoms with Gasteiger partial charge >= 0.3 is 0 Å². The van der Waals surface area contributed by atoms with Crippen molar-refractivity contribution in [3.63, 3.8) is 0 Å². The molecule has 20 heavy (non-hydrogen) atoms. The SMILES string of the molecule is CC(NC(=O)c1cc(F)c(N)c(F)c1)c1ccccn1. The number of amides is 1. The molecule has 0 saturated heterocycles. The van der Waals surface area contributed by atoms with Crippen molar-refractivity contribution in [2.24, 2.45) is 0 Å². The number of pyridine rings is 1. The number of hydrogen-bond acceptors (Lipinski definition) is 3. The molecule has 1 aromatic carbocycles. The Kier molecular flexibility index (Phi) is 3.93. The van der Waals surface area contributed by atoms with Crippen LogP contribution < -0.4 is 11.1 Å². The third-order valence-corrected chi connectivity index (χ3v) is 2.82. The average Bonchev–Trinajstić information content (AvgIpc) is 2.45. The molecule has 0 radical (unpaired) electrons. The van der Waals surface area contributed by atoms with Gasteiger partial charge in [0.1, 0.15) is 17.3 Å². The highest BCUT2D eigenvalue weighted by Gasteiger charge is 2.16. The highest BCUT2D eigenvalue weighted by Crippen LogP contribution is 2.18. The summed E-state index contributed by atoms with van der Waals surface area (Å²) in [6.45, 7) is 1.73. The maximum absolute atomic E-state index is 13.3. The predicted octanol–water partition coefficient (Wildman–Crippen LogP) is 2.43. The number of nitrogens with two attached hydrogens (primary N) is 1. The van der Waals surface area contributed by atoms with E-state index >= 15 is 0 Å². The number of aromatic nitrogens is 1. The van der Waals surface area contributed by atoms with Gasteiger partial charge in [0, 0.05) is 11.8 Å². The summed E-state index contributed by atoms with van der Waals surface area (Å²) < 4.78 is 26.6. The summed E-state index contributed by atoms with van der Waals surface area (Å²) in [6, 6.07) is 6.70. The van der Waals surface area contributed by atoms with Crippen molar-refractivity contribution >= 4 is 11.6 Å². The summed E-state index contributed by atoms with van der Waals surface area (Å²) in [5.74, 6) is -2.51. The largest absolute Gasteiger partial charge is 0.394 e. The zero-order valence-corrected chi connectivity index (χ0v) is 10.7. The number of rotatable bonds is 3. The zero-order chi connectivity index (χ0) is 14.7. The van der Waals surface area contributed by atoms with Crippen LogP contribution in [0.4, 0.5) is 14.5 Å². The summed E-state index contributed by atoms with van der Waals surface area (Å²) in [6.07, 6.45) is 1.60. The Morgan fingerprint density at radius 3 is 2.50 bits per heavy atom. The van der Waals surface area contributed by atoms with Gasteiger partial charge < -0.3 is 11.1 Å². The molecule has 0 aliphatic heterocycles. The highest BCUT2D eigenvalue weighted by molar-refractivity contribution is 5.94. The first kappa shape index (κ1) is 13.9. The minimum atomic E-state index is -0.958. The van der Waals surface area contributed by atoms with E-state index in [2.05, 4.69) is 10.3 Å². The van der Waals surface area contributed by atoms with E-state index in [-0.39, 0.29) is 11.6 Å². The molecule has 0 saturated carbocycles. The van der Waals surface area contributed by atoms with Crippen LogP contribution in [0.25, 0.3) is 0 Å². The third-order valence-electron chi connectivity index (χ3n) is 2.82. The molecule has 2 aromatic rings. The van der Waals surface area contributed by atoms with E-state index in [1.54, 1.807) is 31.3 Å². The van der Waals surface area contributed by atoms with Crippen molar-refractivity contribution in [3.8, 4) is 0 Å². The number of carbonyl (C=O) groups is 1. The molecular formula is C14H13F2N3O. The zero-order valence-electron chi connectivity index (χ0n) is 10.7. The Hall–Kier alpha value is -2.50. The monoisotopic (exact) mass is 277 g/mol. The summed E-state index contributed by atoms with van der Waals surface area (Å²) >= 11 is 0. The van der Waals surface area contributed by atoms with E-state index in [1.165, 1.54) is 0 Å². The first-order chi connectivity index (χ1) is 9.49. The number of carbonyl (C=O) groups excluding carboxylic acids is 1. The molecule has 6 heteroatoms. The van der Waals surface area contributed by atoms with Gasteiger partial charge in [-0.3, -0.25) is 9.78 Å². The fraction of sp³-hybridized carbons (Fsp3) is 0.143. The van der Waals surface area contributed by atoms with Gasteiger partial charge in [0.2, 0.25) is 0 Å². The molecule has 1 atom stereocenters. The normalized spacial score (nSPS) is 11.9. The van der Waals surface area contributed by atoms with Crippen LogP contribution in [0.5, 0.6) is 0 Å². The van der Waals surface area contributed by atoms with Crippen molar-refractivity contribution < 1.29 is 13.6 Å². The van der Waals surface area contributed by atoms with Gasteiger partial charge in [-0.1, -0.05) is 6.07 Å². The second-order valence-corrected chi connectivity index (χ2v) is 4.30. The van der Waals surface area contributed by atoms with E-state index in [1.807, 2.05) is 0 Å². The number of halogens is 2. The maximum atomic E-state index is 13.3. The first-order valence-corrected chi connectivity index (χ1v) is 5.95. The summed E-state index contributed by atoms with van der Waals surface area (Å²) in [4.78, 5) is 16.0. The van der Waals surface area contributed by atoms with E-state index in [0.29, 0.717) is 5.69 Å². The molecule has 0 spiro atoms. The van der Waals surface area contributed by atoms with Crippen LogP contribution >= 0.6 is 0 Å². The fourth-order valence-corrected chi connectivity index (χ4v) is 1.70. The lowest BCUT2D eigenvalue weighted by molar-refractivity contribution is 0.0938. The Morgan fingerprint density at radius 1 is 1.30 bits per heavy atom. The fourth-order valence-electron chi connectivity index (χ4n) is 1.70. The first-order valence-electron chi connectivity index (χ1n) is 5.95. The smallest absolute Gasteiger partial charge is 0.252 e. The number of nitrogens with zero attached hydrogens (tertiary/aromatic N) is 1. The van der Waals surface area contributed by atoms with Crippen LogP contribution in [0.3, 0.4) is 0 Å². The van der Waals surface area contributed by atoms with Crippen molar-refractivity contribution in [1.29, 1.82) is 0 Å². The molecule has 0 aliphatic rings. The van der Waals surface area contributed by atoms with Gasteiger partial charge in [-0.15, -0.1) is 0 Å². The Labute approximate surface area is 114 Å². The predicted molar refractivity (Wildman–Crippen MR) is 70.9 cm³/mol. The summed E-state index contributed by atoms with van der Waals surface area (Å²) in [7, 11) is 0. The highest BCUT2D eigenvalue weighted by atomic mass is 19.1. The van der Waals surface area contributed by atoms with Gasteiger partial charge in [0.15, 0.2) is 0 Å². The van der Waals surface area contributed by atoms with Gasteiger partial charge in [0.25, 0.3) is 5.91 Å². The van der Waals surface area contributed by atoms with Crippen LogP contribution in [0.2, 0.25) is 0 Å². The van der Waals surface area contributed by atoms with Crippen molar-refractivity contribution in [3.05, 3.63) is 59.4 Å². The minimum Gasteiger partial charge on any atom is -0.394 e. The number of anilines is 1. The number of benzene rings is 1. The number of nitrogen functional groups attached to an aromatic ring is 1. The van der Waals surface area contributed by atoms with Crippen LogP contribution in [-0.2, 0) is 0 Å². The molecule has 1 aromatic heterocycles. The maximum Gasteiger partial charge on any atom is 0.252 e. The quantitative estimate of drug-likeness (QED) is 0.847. The van der Waals surface area contributed by atoms with Crippen molar-refractivity contribution in [1.82, 2.24) is 10.3 Å². The average molecular weight is 277 g/mol. The van der Waals surface area contributed by atoms with Crippen molar-refractivity contribution in [2.75, 3.05) is 5.73 Å². The summed E-state index contributed by atoms with van der Waals surface area (Å²) in [5, 5.41) is 2.61. The van der Waals surface area contributed by atoms with E-state index < -0.39 is 23.2 Å². The molecule has 0 fully saturated rings. The van der Waals surface area contributed by atoms with Crippen molar-refractivity contribution in [2.45, 2.75) is 13.0 Å². The molecule has 1 heterocycles. The van der Waals surface area contributed by atoms with Gasteiger partial charge in [0.05, 0.1) is 11.7 Å². The molecule has 0 aliphatic carbocycles. The van der Waals surface area contributed by atoms with Crippen LogP contribution in [-0.4, -0.2) is 10.9 Å². The third kappa shape index (κ3) is 2.90. The lowest BCUT2D eigenvalue weighted by atomic mass is 10.1. The molecule has 1 unspecified atom stereocenters. The molecule has 4 nitrogen and oxygen atoms in total. The molecule has 104 valence electrons. The topological polar surface area (TPSA) is 68.0 Å². The Balaban J connectivity index is 2.17. The lowest BCUT2D eigenvalue weighted by Gasteiger charge is -2.13. The van der Waals surface area contributed by atoms with Crippen LogP contribution in [0.1, 0.15) is 29.0 Å². The van der Waals surface area contributed by atoms with Gasteiger partial charge in [-0.05, 0) is 31.2 Å². The van der Waals surface area contributed by atoms with E-state index in [4.69, 9.17) is 5.73 Å². The molecule has 0 bridgehead atoms. The van der Waals surface area contributed by atoms with E-state index in [9.17, 15) is 13.6 Å². The van der Waals surface area contributed by atoms with Crippen LogP contribution in [0.15, 0.2) is 36.5 Å². The lowest BCUT2D eigenvalue weighted by Crippen LogP contribution is -2.27. The number of hydrogen-bond donors (Lipinski definition) is 2. The van der Waals surface area contributed by atoms with Gasteiger partial charge in [-0.2, -0.15) is 0 Å². The van der Waals surface area contributed by atoms with Gasteiger partial charge in [-0.25, -0.2) is 8.78 Å². The molecule has 2 rings (SSSR count). The Morgan fingerprint density at radius 2 is 1.95 bits per heavy atom. The molecule has 3 N–H and O–H groups in total. The Bertz CT molecular complexity index is 609. The summed E-state index contributed by atoms with van der Waals surface area (Å²) in [5.41, 5.74) is 5.08.